The van der Waals surface area contributed by atoms with Crippen molar-refractivity contribution in [2.45, 2.75) is 0 Å². The van der Waals surface area contributed by atoms with Gasteiger partial charge in [0.05, 0.1) is 15.4 Å². The summed E-state index contributed by atoms with van der Waals surface area (Å²) in [4.78, 5) is 24.5. The van der Waals surface area contributed by atoms with Gasteiger partial charge in [0, 0.05) is 5.69 Å². The monoisotopic (exact) mass is 333 g/mol. The summed E-state index contributed by atoms with van der Waals surface area (Å²) in [5.41, 5.74) is 0.398. The summed E-state index contributed by atoms with van der Waals surface area (Å²) in [5.74, 6) is -0.571. The standard InChI is InChI=1S/C16H9Cl2NO3/c17-12-6-5-9(7-13(12)18)19-16(21)11-8-22-14-4-2-1-3-10(14)15(11)20/h1-8H,(H,19,21). The maximum Gasteiger partial charge on any atom is 0.262 e. The zero-order chi connectivity index (χ0) is 15.7. The lowest BCUT2D eigenvalue weighted by molar-refractivity contribution is 0.102. The maximum atomic E-state index is 12.3. The van der Waals surface area contributed by atoms with Crippen LogP contribution in [0.3, 0.4) is 0 Å². The van der Waals surface area contributed by atoms with Crippen molar-refractivity contribution in [2.24, 2.45) is 0 Å². The van der Waals surface area contributed by atoms with Gasteiger partial charge in [-0.15, -0.1) is 0 Å². The van der Waals surface area contributed by atoms with E-state index in [0.717, 1.165) is 6.26 Å². The van der Waals surface area contributed by atoms with Gasteiger partial charge < -0.3 is 9.73 Å². The number of benzene rings is 2. The Morgan fingerprint density at radius 1 is 1.05 bits per heavy atom. The summed E-state index contributed by atoms with van der Waals surface area (Å²) in [5, 5.41) is 3.63. The highest BCUT2D eigenvalue weighted by atomic mass is 35.5. The van der Waals surface area contributed by atoms with Crippen molar-refractivity contribution in [1.82, 2.24) is 0 Å². The molecule has 0 saturated carbocycles. The number of hydrogen-bond acceptors (Lipinski definition) is 3. The fourth-order valence-electron chi connectivity index (χ4n) is 2.01. The maximum absolute atomic E-state index is 12.3. The number of halogens is 2. The fourth-order valence-corrected chi connectivity index (χ4v) is 2.31. The molecule has 1 heterocycles. The van der Waals surface area contributed by atoms with Crippen LogP contribution in [-0.2, 0) is 0 Å². The fraction of sp³-hybridized carbons (Fsp3) is 0. The van der Waals surface area contributed by atoms with Crippen molar-refractivity contribution in [3.8, 4) is 0 Å². The zero-order valence-electron chi connectivity index (χ0n) is 11.1. The Morgan fingerprint density at radius 3 is 2.59 bits per heavy atom. The SMILES string of the molecule is O=C(Nc1ccc(Cl)c(Cl)c1)c1coc2ccccc2c1=O. The Morgan fingerprint density at radius 2 is 1.82 bits per heavy atom. The lowest BCUT2D eigenvalue weighted by Gasteiger charge is -2.06. The third-order valence-electron chi connectivity index (χ3n) is 3.10. The number of carbonyl (C=O) groups is 1. The van der Waals surface area contributed by atoms with Crippen LogP contribution in [0.25, 0.3) is 11.0 Å². The van der Waals surface area contributed by atoms with Crippen LogP contribution in [-0.4, -0.2) is 5.91 Å². The third kappa shape index (κ3) is 2.71. The largest absolute Gasteiger partial charge is 0.463 e. The van der Waals surface area contributed by atoms with Crippen LogP contribution in [0.5, 0.6) is 0 Å². The molecule has 0 spiro atoms. The van der Waals surface area contributed by atoms with Gasteiger partial charge in [0.15, 0.2) is 0 Å². The van der Waals surface area contributed by atoms with Crippen molar-refractivity contribution in [2.75, 3.05) is 5.32 Å². The molecule has 3 rings (SSSR count). The van der Waals surface area contributed by atoms with Crippen molar-refractivity contribution in [3.05, 3.63) is 74.6 Å². The first-order chi connectivity index (χ1) is 10.6. The Hall–Kier alpha value is -2.30. The molecule has 0 radical (unpaired) electrons. The molecular formula is C16H9Cl2NO3. The second-order valence-electron chi connectivity index (χ2n) is 4.56. The van der Waals surface area contributed by atoms with Crippen LogP contribution in [0.2, 0.25) is 10.0 Å². The minimum atomic E-state index is -0.571. The summed E-state index contributed by atoms with van der Waals surface area (Å²) in [7, 11) is 0. The molecule has 0 aliphatic carbocycles. The highest BCUT2D eigenvalue weighted by Crippen LogP contribution is 2.25. The molecule has 0 bridgehead atoms. The molecule has 3 aromatic rings. The van der Waals surface area contributed by atoms with Gasteiger partial charge in [-0.25, -0.2) is 0 Å². The zero-order valence-corrected chi connectivity index (χ0v) is 12.6. The Balaban J connectivity index is 1.97. The van der Waals surface area contributed by atoms with Crippen molar-refractivity contribution >= 4 is 45.8 Å². The molecule has 0 unspecified atom stereocenters. The average Bonchev–Trinajstić information content (AvgIpc) is 2.51. The highest BCUT2D eigenvalue weighted by Gasteiger charge is 2.14. The molecule has 0 atom stereocenters. The number of rotatable bonds is 2. The van der Waals surface area contributed by atoms with E-state index in [2.05, 4.69) is 5.32 Å². The van der Waals surface area contributed by atoms with Crippen LogP contribution in [0.15, 0.2) is 57.9 Å². The van der Waals surface area contributed by atoms with Gasteiger partial charge >= 0.3 is 0 Å². The Labute approximate surface area is 135 Å². The average molecular weight is 334 g/mol. The highest BCUT2D eigenvalue weighted by molar-refractivity contribution is 6.42. The first-order valence-electron chi connectivity index (χ1n) is 6.33. The molecule has 22 heavy (non-hydrogen) atoms. The molecule has 0 aliphatic rings. The molecule has 110 valence electrons. The second-order valence-corrected chi connectivity index (χ2v) is 5.37. The smallest absolute Gasteiger partial charge is 0.262 e. The Bertz CT molecular complexity index is 934. The molecule has 0 fully saturated rings. The van der Waals surface area contributed by atoms with Crippen molar-refractivity contribution in [3.63, 3.8) is 0 Å². The second kappa shape index (κ2) is 5.83. The summed E-state index contributed by atoms with van der Waals surface area (Å²) >= 11 is 11.7. The number of fused-ring (bicyclic) bond motifs is 1. The number of para-hydroxylation sites is 1. The van der Waals surface area contributed by atoms with E-state index in [0.29, 0.717) is 26.7 Å². The summed E-state index contributed by atoms with van der Waals surface area (Å²) in [6.07, 6.45) is 1.15. The van der Waals surface area contributed by atoms with Gasteiger partial charge in [-0.1, -0.05) is 35.3 Å². The van der Waals surface area contributed by atoms with E-state index in [1.54, 1.807) is 36.4 Å². The van der Waals surface area contributed by atoms with Gasteiger partial charge in [0.1, 0.15) is 17.4 Å². The van der Waals surface area contributed by atoms with E-state index in [1.807, 2.05) is 0 Å². The van der Waals surface area contributed by atoms with E-state index >= 15 is 0 Å². The van der Waals surface area contributed by atoms with Crippen LogP contribution >= 0.6 is 23.2 Å². The first-order valence-corrected chi connectivity index (χ1v) is 7.09. The normalized spacial score (nSPS) is 10.6. The molecule has 0 saturated heterocycles. The molecule has 1 N–H and O–H groups in total. The molecular weight excluding hydrogens is 325 g/mol. The van der Waals surface area contributed by atoms with Crippen molar-refractivity contribution < 1.29 is 9.21 Å². The quantitative estimate of drug-likeness (QED) is 0.758. The van der Waals surface area contributed by atoms with Gasteiger partial charge in [-0.3, -0.25) is 9.59 Å². The topological polar surface area (TPSA) is 59.3 Å². The molecule has 1 aromatic heterocycles. The van der Waals surface area contributed by atoms with E-state index < -0.39 is 5.91 Å². The number of hydrogen-bond donors (Lipinski definition) is 1. The summed E-state index contributed by atoms with van der Waals surface area (Å²) < 4.78 is 5.32. The van der Waals surface area contributed by atoms with Gasteiger partial charge in [-0.2, -0.15) is 0 Å². The van der Waals surface area contributed by atoms with Gasteiger partial charge in [0.2, 0.25) is 5.43 Å². The minimum absolute atomic E-state index is 0.0789. The molecule has 4 nitrogen and oxygen atoms in total. The molecule has 2 aromatic carbocycles. The van der Waals surface area contributed by atoms with Crippen LogP contribution < -0.4 is 10.7 Å². The van der Waals surface area contributed by atoms with E-state index in [1.165, 1.54) is 6.07 Å². The van der Waals surface area contributed by atoms with Crippen molar-refractivity contribution in [1.29, 1.82) is 0 Å². The summed E-state index contributed by atoms with van der Waals surface area (Å²) in [6, 6.07) is 11.4. The molecule has 6 heteroatoms. The summed E-state index contributed by atoms with van der Waals surface area (Å²) in [6.45, 7) is 0. The van der Waals surface area contributed by atoms with E-state index in [-0.39, 0.29) is 11.0 Å². The predicted molar refractivity (Wildman–Crippen MR) is 86.9 cm³/mol. The Kier molecular flexibility index (Phi) is 3.88. The third-order valence-corrected chi connectivity index (χ3v) is 3.84. The number of carbonyl (C=O) groups excluding carboxylic acids is 1. The lowest BCUT2D eigenvalue weighted by atomic mass is 10.1. The van der Waals surface area contributed by atoms with Gasteiger partial charge in [0.25, 0.3) is 5.91 Å². The predicted octanol–water partition coefficient (Wildman–Crippen LogP) is 4.35. The number of amides is 1. The lowest BCUT2D eigenvalue weighted by Crippen LogP contribution is -2.21. The van der Waals surface area contributed by atoms with Gasteiger partial charge in [-0.05, 0) is 30.3 Å². The molecule has 0 aliphatic heterocycles. The van der Waals surface area contributed by atoms with Crippen LogP contribution in [0.1, 0.15) is 10.4 Å². The minimum Gasteiger partial charge on any atom is -0.463 e. The van der Waals surface area contributed by atoms with E-state index in [9.17, 15) is 9.59 Å². The van der Waals surface area contributed by atoms with E-state index in [4.69, 9.17) is 27.6 Å². The van der Waals surface area contributed by atoms with Crippen LogP contribution in [0, 0.1) is 0 Å². The first kappa shape index (κ1) is 14.6. The van der Waals surface area contributed by atoms with Crippen LogP contribution in [0.4, 0.5) is 5.69 Å². The number of anilines is 1. The molecule has 1 amide bonds. The number of nitrogens with one attached hydrogen (secondary N) is 1.